The predicted octanol–water partition coefficient (Wildman–Crippen LogP) is 4.69. The molecule has 0 saturated heterocycles. The number of alkyl halides is 4. The molecule has 0 aliphatic heterocycles. The van der Waals surface area contributed by atoms with Crippen LogP contribution in [0, 0.1) is 0 Å². The highest BCUT2D eigenvalue weighted by Gasteiger charge is 2.41. The van der Waals surface area contributed by atoms with Gasteiger partial charge in [-0.15, -0.1) is 11.6 Å². The van der Waals surface area contributed by atoms with E-state index < -0.39 is 11.6 Å². The average Bonchev–Trinajstić information content (AvgIpc) is 2.18. The lowest BCUT2D eigenvalue weighted by Gasteiger charge is -2.17. The van der Waals surface area contributed by atoms with Crippen LogP contribution < -0.4 is 4.74 Å². The van der Waals surface area contributed by atoms with Gasteiger partial charge in [0.1, 0.15) is 5.75 Å². The molecule has 0 radical (unpaired) electrons. The summed E-state index contributed by atoms with van der Waals surface area (Å²) < 4.78 is 43.1. The summed E-state index contributed by atoms with van der Waals surface area (Å²) in [7, 11) is 0. The molecule has 0 aliphatic carbocycles. The molecule has 0 N–H and O–H groups in total. The molecule has 1 aromatic rings. The Morgan fingerprint density at radius 3 is 2.56 bits per heavy atom. The fraction of sp³-hybridized carbons (Fsp3) is 0.400. The van der Waals surface area contributed by atoms with E-state index in [1.165, 1.54) is 12.1 Å². The van der Waals surface area contributed by atoms with Crippen molar-refractivity contribution in [2.45, 2.75) is 18.5 Å². The number of halogens is 5. The van der Waals surface area contributed by atoms with Crippen LogP contribution >= 0.6 is 27.5 Å². The first kappa shape index (κ1) is 13.6. The highest BCUT2D eigenvalue weighted by molar-refractivity contribution is 9.10. The Morgan fingerprint density at radius 1 is 1.44 bits per heavy atom. The molecule has 1 aromatic carbocycles. The van der Waals surface area contributed by atoms with E-state index in [0.717, 1.165) is 0 Å². The molecule has 1 unspecified atom stereocenters. The normalized spacial score (nSPS) is 13.6. The highest BCUT2D eigenvalue weighted by Crippen LogP contribution is 2.42. The molecule has 0 spiro atoms. The van der Waals surface area contributed by atoms with Gasteiger partial charge in [0.25, 0.3) is 0 Å². The standard InChI is InChI=1S/C10H9BrClF3O/c1-2-16-8-4-3-6(11)5-7(8)9(12)10(13,14)15/h3-5,9H,2H2,1H3. The quantitative estimate of drug-likeness (QED) is 0.735. The van der Waals surface area contributed by atoms with Crippen LogP contribution in [0.25, 0.3) is 0 Å². The predicted molar refractivity (Wildman–Crippen MR) is 60.0 cm³/mol. The van der Waals surface area contributed by atoms with Crippen molar-refractivity contribution in [2.24, 2.45) is 0 Å². The van der Waals surface area contributed by atoms with Crippen LogP contribution in [0.1, 0.15) is 17.9 Å². The smallest absolute Gasteiger partial charge is 0.409 e. The summed E-state index contributed by atoms with van der Waals surface area (Å²) in [5.41, 5.74) is -0.0783. The van der Waals surface area contributed by atoms with Gasteiger partial charge in [-0.2, -0.15) is 13.2 Å². The zero-order valence-electron chi connectivity index (χ0n) is 8.31. The molecular weight excluding hydrogens is 308 g/mol. The Morgan fingerprint density at radius 2 is 2.06 bits per heavy atom. The van der Waals surface area contributed by atoms with Crippen LogP contribution in [-0.4, -0.2) is 12.8 Å². The summed E-state index contributed by atoms with van der Waals surface area (Å²) in [6.07, 6.45) is -4.49. The molecule has 0 aromatic heterocycles. The maximum Gasteiger partial charge on any atom is 0.409 e. The van der Waals surface area contributed by atoms with Crippen molar-refractivity contribution in [1.82, 2.24) is 0 Å². The van der Waals surface area contributed by atoms with Gasteiger partial charge in [-0.05, 0) is 25.1 Å². The minimum Gasteiger partial charge on any atom is -0.494 e. The van der Waals surface area contributed by atoms with Crippen LogP contribution in [0.5, 0.6) is 5.75 Å². The third-order valence-corrected chi connectivity index (χ3v) is 2.81. The monoisotopic (exact) mass is 316 g/mol. The van der Waals surface area contributed by atoms with Gasteiger partial charge in [-0.25, -0.2) is 0 Å². The molecular formula is C10H9BrClF3O. The molecule has 0 saturated carbocycles. The summed E-state index contributed by atoms with van der Waals surface area (Å²) >= 11 is 8.47. The van der Waals surface area contributed by atoms with Gasteiger partial charge < -0.3 is 4.74 Å². The molecule has 90 valence electrons. The number of ether oxygens (including phenoxy) is 1. The molecule has 0 bridgehead atoms. The summed E-state index contributed by atoms with van der Waals surface area (Å²) in [5, 5.41) is -2.06. The Balaban J connectivity index is 3.14. The lowest BCUT2D eigenvalue weighted by molar-refractivity contribution is -0.132. The third kappa shape index (κ3) is 3.28. The van der Waals surface area contributed by atoms with E-state index in [4.69, 9.17) is 16.3 Å². The molecule has 0 aliphatic rings. The maximum atomic E-state index is 12.5. The van der Waals surface area contributed by atoms with Gasteiger partial charge in [-0.3, -0.25) is 0 Å². The Bertz CT molecular complexity index is 368. The van der Waals surface area contributed by atoms with E-state index >= 15 is 0 Å². The van der Waals surface area contributed by atoms with Crippen LogP contribution in [0.3, 0.4) is 0 Å². The maximum absolute atomic E-state index is 12.5. The molecule has 0 amide bonds. The first-order chi connectivity index (χ1) is 7.36. The van der Waals surface area contributed by atoms with Crippen molar-refractivity contribution >= 4 is 27.5 Å². The van der Waals surface area contributed by atoms with Crippen molar-refractivity contribution in [2.75, 3.05) is 6.61 Å². The molecule has 0 fully saturated rings. The lowest BCUT2D eigenvalue weighted by atomic mass is 10.1. The minimum absolute atomic E-state index is 0.0783. The second-order valence-corrected chi connectivity index (χ2v) is 4.37. The van der Waals surface area contributed by atoms with Gasteiger partial charge in [0.15, 0.2) is 5.38 Å². The van der Waals surface area contributed by atoms with E-state index in [2.05, 4.69) is 15.9 Å². The zero-order valence-corrected chi connectivity index (χ0v) is 10.7. The first-order valence-corrected chi connectivity index (χ1v) is 5.72. The average molecular weight is 318 g/mol. The van der Waals surface area contributed by atoms with Gasteiger partial charge in [-0.1, -0.05) is 15.9 Å². The van der Waals surface area contributed by atoms with Crippen LogP contribution in [0.15, 0.2) is 22.7 Å². The fourth-order valence-electron chi connectivity index (χ4n) is 1.18. The molecule has 1 atom stereocenters. The zero-order chi connectivity index (χ0) is 12.3. The van der Waals surface area contributed by atoms with Gasteiger partial charge in [0.05, 0.1) is 6.61 Å². The molecule has 6 heteroatoms. The van der Waals surface area contributed by atoms with E-state index in [-0.39, 0.29) is 17.9 Å². The topological polar surface area (TPSA) is 9.23 Å². The van der Waals surface area contributed by atoms with Gasteiger partial charge >= 0.3 is 6.18 Å². The molecule has 1 nitrogen and oxygen atoms in total. The van der Waals surface area contributed by atoms with Crippen molar-refractivity contribution in [3.05, 3.63) is 28.2 Å². The number of hydrogen-bond acceptors (Lipinski definition) is 1. The summed E-state index contributed by atoms with van der Waals surface area (Å²) in [5.74, 6) is 0.156. The van der Waals surface area contributed by atoms with Crippen molar-refractivity contribution in [3.63, 3.8) is 0 Å². The first-order valence-electron chi connectivity index (χ1n) is 4.49. The van der Waals surface area contributed by atoms with E-state index in [9.17, 15) is 13.2 Å². The Labute approximate surface area is 105 Å². The van der Waals surface area contributed by atoms with E-state index in [1.807, 2.05) is 0 Å². The summed E-state index contributed by atoms with van der Waals surface area (Å²) in [4.78, 5) is 0. The fourth-order valence-corrected chi connectivity index (χ4v) is 1.73. The minimum atomic E-state index is -4.49. The van der Waals surface area contributed by atoms with E-state index in [0.29, 0.717) is 4.47 Å². The summed E-state index contributed by atoms with van der Waals surface area (Å²) in [6, 6.07) is 4.38. The number of rotatable bonds is 3. The molecule has 16 heavy (non-hydrogen) atoms. The lowest BCUT2D eigenvalue weighted by Crippen LogP contribution is -2.16. The summed E-state index contributed by atoms with van der Waals surface area (Å²) in [6.45, 7) is 1.98. The van der Waals surface area contributed by atoms with Crippen molar-refractivity contribution < 1.29 is 17.9 Å². The van der Waals surface area contributed by atoms with Crippen molar-refractivity contribution in [3.8, 4) is 5.75 Å². The third-order valence-electron chi connectivity index (χ3n) is 1.83. The van der Waals surface area contributed by atoms with Crippen LogP contribution in [0.4, 0.5) is 13.2 Å². The van der Waals surface area contributed by atoms with Gasteiger partial charge in [0.2, 0.25) is 0 Å². The van der Waals surface area contributed by atoms with Crippen LogP contribution in [-0.2, 0) is 0 Å². The second kappa shape index (κ2) is 5.27. The SMILES string of the molecule is CCOc1ccc(Br)cc1C(Cl)C(F)(F)F. The number of hydrogen-bond donors (Lipinski definition) is 0. The highest BCUT2D eigenvalue weighted by atomic mass is 79.9. The number of benzene rings is 1. The largest absolute Gasteiger partial charge is 0.494 e. The second-order valence-electron chi connectivity index (χ2n) is 3.02. The Hall–Kier alpha value is -0.420. The van der Waals surface area contributed by atoms with Crippen LogP contribution in [0.2, 0.25) is 0 Å². The molecule has 1 rings (SSSR count). The molecule has 0 heterocycles. The van der Waals surface area contributed by atoms with Gasteiger partial charge in [0, 0.05) is 10.0 Å². The Kier molecular flexibility index (Phi) is 4.50. The van der Waals surface area contributed by atoms with Crippen molar-refractivity contribution in [1.29, 1.82) is 0 Å². The van der Waals surface area contributed by atoms with E-state index in [1.54, 1.807) is 13.0 Å².